The van der Waals surface area contributed by atoms with Crippen LogP contribution in [0, 0.1) is 0 Å². The van der Waals surface area contributed by atoms with E-state index >= 15 is 0 Å². The smallest absolute Gasteiger partial charge is 0.0205 e. The third-order valence-electron chi connectivity index (χ3n) is 1.83. The molecular weight excluding hydrogens is 226 g/mol. The third kappa shape index (κ3) is 7.48. The topological polar surface area (TPSA) is 12.0 Å². The Kier molecular flexibility index (Phi) is 9.79. The van der Waals surface area contributed by atoms with Crippen LogP contribution in [-0.4, -0.2) is 18.1 Å². The summed E-state index contributed by atoms with van der Waals surface area (Å²) in [5.41, 5.74) is 1.35. The summed E-state index contributed by atoms with van der Waals surface area (Å²) in [5.74, 6) is 2.20. The largest absolute Gasteiger partial charge is 0.312 e. The zero-order valence-electron chi connectivity index (χ0n) is 8.82. The number of rotatable bonds is 7. The van der Waals surface area contributed by atoms with Crippen molar-refractivity contribution in [3.8, 4) is 0 Å². The van der Waals surface area contributed by atoms with E-state index in [0.717, 1.165) is 24.6 Å². The first-order valence-electron chi connectivity index (χ1n) is 4.87. The highest BCUT2D eigenvalue weighted by Crippen LogP contribution is 1.99. The van der Waals surface area contributed by atoms with Gasteiger partial charge in [-0.05, 0) is 5.56 Å². The fourth-order valence-corrected chi connectivity index (χ4v) is 1.76. The van der Waals surface area contributed by atoms with Crippen LogP contribution in [0.2, 0.25) is 0 Å². The second-order valence-corrected chi connectivity index (χ2v) is 4.18. The Labute approximate surface area is 103 Å². The Morgan fingerprint density at radius 2 is 2.00 bits per heavy atom. The summed E-state index contributed by atoms with van der Waals surface area (Å²) in [6.07, 6.45) is 1.95. The highest BCUT2D eigenvalue weighted by atomic mass is 35.5. The van der Waals surface area contributed by atoms with Crippen molar-refractivity contribution in [1.82, 2.24) is 5.32 Å². The van der Waals surface area contributed by atoms with Crippen molar-refractivity contribution < 1.29 is 0 Å². The molecule has 0 aliphatic heterocycles. The Balaban J connectivity index is 0.00000196. The summed E-state index contributed by atoms with van der Waals surface area (Å²) in [7, 11) is 0. The molecule has 0 saturated heterocycles. The SMILES string of the molecule is C=CCSCCNCc1ccccc1.Cl. The lowest BCUT2D eigenvalue weighted by Gasteiger charge is -2.03. The van der Waals surface area contributed by atoms with E-state index in [1.807, 2.05) is 23.9 Å². The summed E-state index contributed by atoms with van der Waals surface area (Å²) in [5, 5.41) is 3.41. The van der Waals surface area contributed by atoms with E-state index in [9.17, 15) is 0 Å². The van der Waals surface area contributed by atoms with Crippen molar-refractivity contribution >= 4 is 24.2 Å². The molecule has 0 aliphatic carbocycles. The highest BCUT2D eigenvalue weighted by molar-refractivity contribution is 7.99. The minimum absolute atomic E-state index is 0. The van der Waals surface area contributed by atoms with Crippen LogP contribution in [-0.2, 0) is 6.54 Å². The first-order valence-corrected chi connectivity index (χ1v) is 6.02. The van der Waals surface area contributed by atoms with Crippen LogP contribution in [0.1, 0.15) is 5.56 Å². The molecule has 1 aromatic carbocycles. The lowest BCUT2D eigenvalue weighted by molar-refractivity contribution is 0.732. The molecule has 0 heterocycles. The second kappa shape index (κ2) is 10.1. The number of benzene rings is 1. The standard InChI is InChI=1S/C12H17NS.ClH/c1-2-9-14-10-8-13-11-12-6-4-3-5-7-12;/h2-7,13H,1,8-11H2;1H. The predicted octanol–water partition coefficient (Wildman–Crippen LogP) is 3.12. The van der Waals surface area contributed by atoms with Gasteiger partial charge in [0.05, 0.1) is 0 Å². The Morgan fingerprint density at radius 3 is 2.67 bits per heavy atom. The Hall–Kier alpha value is -0.440. The van der Waals surface area contributed by atoms with E-state index in [4.69, 9.17) is 0 Å². The number of nitrogens with one attached hydrogen (secondary N) is 1. The number of hydrogen-bond donors (Lipinski definition) is 1. The average Bonchev–Trinajstić information content (AvgIpc) is 2.25. The first-order chi connectivity index (χ1) is 6.93. The molecular formula is C12H18ClNS. The van der Waals surface area contributed by atoms with Gasteiger partial charge >= 0.3 is 0 Å². The lowest BCUT2D eigenvalue weighted by atomic mass is 10.2. The van der Waals surface area contributed by atoms with Gasteiger partial charge in [0.25, 0.3) is 0 Å². The fourth-order valence-electron chi connectivity index (χ4n) is 1.14. The average molecular weight is 244 g/mol. The van der Waals surface area contributed by atoms with Gasteiger partial charge in [-0.2, -0.15) is 11.8 Å². The second-order valence-electron chi connectivity index (χ2n) is 3.03. The van der Waals surface area contributed by atoms with E-state index < -0.39 is 0 Å². The van der Waals surface area contributed by atoms with Gasteiger partial charge in [0.15, 0.2) is 0 Å². The van der Waals surface area contributed by atoms with Crippen molar-refractivity contribution in [3.05, 3.63) is 48.6 Å². The predicted molar refractivity (Wildman–Crippen MR) is 72.9 cm³/mol. The van der Waals surface area contributed by atoms with Crippen LogP contribution in [0.3, 0.4) is 0 Å². The van der Waals surface area contributed by atoms with Gasteiger partial charge in [-0.1, -0.05) is 36.4 Å². The molecule has 0 saturated carbocycles. The van der Waals surface area contributed by atoms with E-state index in [1.165, 1.54) is 5.56 Å². The minimum Gasteiger partial charge on any atom is -0.312 e. The molecule has 1 nitrogen and oxygen atoms in total. The van der Waals surface area contributed by atoms with E-state index in [1.54, 1.807) is 0 Å². The molecule has 0 amide bonds. The summed E-state index contributed by atoms with van der Waals surface area (Å²) in [6.45, 7) is 5.72. The fraction of sp³-hybridized carbons (Fsp3) is 0.333. The van der Waals surface area contributed by atoms with Crippen LogP contribution in [0.25, 0.3) is 0 Å². The zero-order valence-corrected chi connectivity index (χ0v) is 10.4. The van der Waals surface area contributed by atoms with Crippen molar-refractivity contribution in [3.63, 3.8) is 0 Å². The van der Waals surface area contributed by atoms with Crippen molar-refractivity contribution in [2.45, 2.75) is 6.54 Å². The molecule has 84 valence electrons. The van der Waals surface area contributed by atoms with Gasteiger partial charge in [-0.25, -0.2) is 0 Å². The van der Waals surface area contributed by atoms with E-state index in [-0.39, 0.29) is 12.4 Å². The molecule has 1 N–H and O–H groups in total. The van der Waals surface area contributed by atoms with Gasteiger partial charge in [-0.15, -0.1) is 19.0 Å². The molecule has 0 aliphatic rings. The maximum Gasteiger partial charge on any atom is 0.0205 e. The number of hydrogen-bond acceptors (Lipinski definition) is 2. The lowest BCUT2D eigenvalue weighted by Crippen LogP contribution is -2.16. The van der Waals surface area contributed by atoms with Gasteiger partial charge < -0.3 is 5.32 Å². The van der Waals surface area contributed by atoms with Crippen LogP contribution < -0.4 is 5.32 Å². The Morgan fingerprint density at radius 1 is 1.27 bits per heavy atom. The minimum atomic E-state index is 0. The Bertz CT molecular complexity index is 251. The van der Waals surface area contributed by atoms with E-state index in [2.05, 4.69) is 36.2 Å². The first kappa shape index (κ1) is 14.6. The summed E-state index contributed by atoms with van der Waals surface area (Å²) in [4.78, 5) is 0. The normalized spacial score (nSPS) is 9.33. The van der Waals surface area contributed by atoms with Crippen LogP contribution in [0.15, 0.2) is 43.0 Å². The number of thioether (sulfide) groups is 1. The molecule has 1 aromatic rings. The maximum atomic E-state index is 3.68. The van der Waals surface area contributed by atoms with Gasteiger partial charge in [0, 0.05) is 24.6 Å². The highest BCUT2D eigenvalue weighted by Gasteiger charge is 1.90. The number of halogens is 1. The molecule has 0 aromatic heterocycles. The molecule has 0 bridgehead atoms. The zero-order chi connectivity index (χ0) is 10.1. The van der Waals surface area contributed by atoms with Crippen molar-refractivity contribution in [2.75, 3.05) is 18.1 Å². The van der Waals surface area contributed by atoms with Crippen molar-refractivity contribution in [1.29, 1.82) is 0 Å². The van der Waals surface area contributed by atoms with Gasteiger partial charge in [-0.3, -0.25) is 0 Å². The monoisotopic (exact) mass is 243 g/mol. The summed E-state index contributed by atoms with van der Waals surface area (Å²) >= 11 is 1.91. The van der Waals surface area contributed by atoms with Crippen molar-refractivity contribution in [2.24, 2.45) is 0 Å². The molecule has 15 heavy (non-hydrogen) atoms. The molecule has 0 fully saturated rings. The maximum absolute atomic E-state index is 3.68. The summed E-state index contributed by atoms with van der Waals surface area (Å²) < 4.78 is 0. The van der Waals surface area contributed by atoms with Gasteiger partial charge in [0.2, 0.25) is 0 Å². The molecule has 3 heteroatoms. The molecule has 1 rings (SSSR count). The molecule has 0 spiro atoms. The molecule has 0 atom stereocenters. The van der Waals surface area contributed by atoms with Crippen LogP contribution >= 0.6 is 24.2 Å². The van der Waals surface area contributed by atoms with E-state index in [0.29, 0.717) is 0 Å². The summed E-state index contributed by atoms with van der Waals surface area (Å²) in [6, 6.07) is 10.5. The van der Waals surface area contributed by atoms with Crippen LogP contribution in [0.5, 0.6) is 0 Å². The van der Waals surface area contributed by atoms with Gasteiger partial charge in [0.1, 0.15) is 0 Å². The molecule has 0 radical (unpaired) electrons. The quantitative estimate of drug-likeness (QED) is 0.584. The molecule has 0 unspecified atom stereocenters. The van der Waals surface area contributed by atoms with Crippen LogP contribution in [0.4, 0.5) is 0 Å². The third-order valence-corrected chi connectivity index (χ3v) is 2.80.